The predicted molar refractivity (Wildman–Crippen MR) is 163 cm³/mol. The normalized spacial score (nSPS) is 14.5. The van der Waals surface area contributed by atoms with Crippen molar-refractivity contribution in [1.82, 2.24) is 20.9 Å². The minimum atomic E-state index is -1.58. The zero-order valence-electron chi connectivity index (χ0n) is 23.8. The maximum atomic E-state index is 13.7. The van der Waals surface area contributed by atoms with Crippen LogP contribution in [0, 0.1) is 6.92 Å². The lowest BCUT2D eigenvalue weighted by atomic mass is 9.92. The molecule has 3 amide bonds. The summed E-state index contributed by atoms with van der Waals surface area (Å²) in [4.78, 5) is 69.4. The van der Waals surface area contributed by atoms with Crippen molar-refractivity contribution < 1.29 is 38.2 Å². The van der Waals surface area contributed by atoms with Crippen LogP contribution >= 0.6 is 33.9 Å². The van der Waals surface area contributed by atoms with E-state index in [4.69, 9.17) is 19.9 Å². The Hall–Kier alpha value is -2.99. The van der Waals surface area contributed by atoms with Gasteiger partial charge in [-0.05, 0) is 25.8 Å². The Morgan fingerprint density at radius 3 is 2.05 bits per heavy atom. The molecule has 4 atom stereocenters. The second kappa shape index (κ2) is 17.2. The Kier molecular flexibility index (Phi) is 14.4. The molecule has 1 aromatic heterocycles. The average Bonchev–Trinajstić information content (AvgIpc) is 3.42. The molecule has 5 N–H and O–H groups in total. The second-order valence-electron chi connectivity index (χ2n) is 9.40. The molecule has 1 aromatic carbocycles. The highest BCUT2D eigenvalue weighted by Crippen LogP contribution is 2.20. The molecule has 2 aromatic rings. The van der Waals surface area contributed by atoms with Gasteiger partial charge < -0.3 is 35.9 Å². The predicted octanol–water partition coefficient (Wildman–Crippen LogP) is 0.320. The van der Waals surface area contributed by atoms with Gasteiger partial charge in [0.15, 0.2) is 11.4 Å². The number of ketones is 1. The van der Waals surface area contributed by atoms with Crippen LogP contribution in [0.4, 0.5) is 0 Å². The number of benzene rings is 1. The van der Waals surface area contributed by atoms with Crippen LogP contribution in [-0.4, -0.2) is 96.6 Å². The number of methoxy groups -OCH3 is 2. The summed E-state index contributed by atoms with van der Waals surface area (Å²) in [6.45, 7) is 2.37. The maximum Gasteiger partial charge on any atom is 0.320 e. The highest BCUT2D eigenvalue weighted by molar-refractivity contribution is 14.1. The van der Waals surface area contributed by atoms with Crippen LogP contribution in [0.25, 0.3) is 0 Å². The molecular weight excluding hydrogens is 681 g/mol. The number of nitrogens with zero attached hydrogens (tertiary/aromatic N) is 1. The van der Waals surface area contributed by atoms with Crippen LogP contribution in [0.2, 0.25) is 0 Å². The third kappa shape index (κ3) is 10.4. The van der Waals surface area contributed by atoms with Crippen LogP contribution in [0.3, 0.4) is 0 Å². The van der Waals surface area contributed by atoms with Gasteiger partial charge in [0.1, 0.15) is 17.0 Å². The zero-order valence-corrected chi connectivity index (χ0v) is 26.8. The van der Waals surface area contributed by atoms with E-state index in [0.29, 0.717) is 9.88 Å². The first-order valence-electron chi connectivity index (χ1n) is 12.9. The first kappa shape index (κ1) is 35.2. The Labute approximate surface area is 261 Å². The smallest absolute Gasteiger partial charge is 0.320 e. The number of aryl methyl sites for hydroxylation is 1. The molecule has 15 heteroatoms. The Balaban J connectivity index is 2.27. The first-order valence-corrected chi connectivity index (χ1v) is 15.2. The van der Waals surface area contributed by atoms with E-state index in [1.165, 1.54) is 27.3 Å². The minimum absolute atomic E-state index is 0.0854. The number of alkyl halides is 1. The monoisotopic (exact) mass is 717 g/mol. The SMILES string of the molecule is COC[C@H](NC(=O)c1cnc(C)s1)C(=O)N[C@@H](COC)C(=O)NC(Cc1ccccc1)C(=O)[C@@](C)(CI)OC(=O)CN. The largest absolute Gasteiger partial charge is 0.449 e. The molecule has 0 spiro atoms. The fourth-order valence-electron chi connectivity index (χ4n) is 3.80. The molecule has 1 unspecified atom stereocenters. The van der Waals surface area contributed by atoms with Gasteiger partial charge in [0.25, 0.3) is 5.91 Å². The highest BCUT2D eigenvalue weighted by atomic mass is 127. The van der Waals surface area contributed by atoms with Gasteiger partial charge in [0.2, 0.25) is 11.8 Å². The number of Topliss-reactive ketones (excluding diaryl/α,β-unsaturated/α-hetero) is 1. The third-order valence-corrected chi connectivity index (χ3v) is 8.33. The molecule has 0 bridgehead atoms. The van der Waals surface area contributed by atoms with Crippen molar-refractivity contribution in [3.63, 3.8) is 0 Å². The van der Waals surface area contributed by atoms with E-state index >= 15 is 0 Å². The lowest BCUT2D eigenvalue weighted by Crippen LogP contribution is -2.60. The van der Waals surface area contributed by atoms with E-state index in [0.717, 1.165) is 16.9 Å². The van der Waals surface area contributed by atoms with Crippen molar-refractivity contribution in [2.45, 2.75) is 44.0 Å². The third-order valence-electron chi connectivity index (χ3n) is 5.96. The highest BCUT2D eigenvalue weighted by Gasteiger charge is 2.42. The van der Waals surface area contributed by atoms with Gasteiger partial charge in [0.05, 0.1) is 37.0 Å². The van der Waals surface area contributed by atoms with Gasteiger partial charge in [0, 0.05) is 18.6 Å². The van der Waals surface area contributed by atoms with Crippen LogP contribution in [0.15, 0.2) is 36.5 Å². The van der Waals surface area contributed by atoms with Gasteiger partial charge in [-0.1, -0.05) is 52.9 Å². The number of halogens is 1. The fraction of sp³-hybridized carbons (Fsp3) is 0.481. The molecule has 0 aliphatic heterocycles. The number of amides is 3. The minimum Gasteiger partial charge on any atom is -0.449 e. The van der Waals surface area contributed by atoms with E-state index in [2.05, 4.69) is 20.9 Å². The van der Waals surface area contributed by atoms with Crippen LogP contribution in [0.5, 0.6) is 0 Å². The second-order valence-corrected chi connectivity index (χ2v) is 11.4. The number of nitrogens with one attached hydrogen (secondary N) is 3. The van der Waals surface area contributed by atoms with Crippen molar-refractivity contribution in [2.24, 2.45) is 5.73 Å². The van der Waals surface area contributed by atoms with E-state index in [-0.39, 0.29) is 24.1 Å². The summed E-state index contributed by atoms with van der Waals surface area (Å²) < 4.78 is 15.8. The van der Waals surface area contributed by atoms with Crippen molar-refractivity contribution in [3.8, 4) is 0 Å². The van der Waals surface area contributed by atoms with Crippen molar-refractivity contribution in [3.05, 3.63) is 52.0 Å². The summed E-state index contributed by atoms with van der Waals surface area (Å²) in [5.74, 6) is -3.27. The van der Waals surface area contributed by atoms with E-state index in [1.807, 2.05) is 28.7 Å². The number of carbonyl (C=O) groups excluding carboxylic acids is 5. The van der Waals surface area contributed by atoms with Gasteiger partial charge in [-0.15, -0.1) is 11.3 Å². The molecule has 0 radical (unpaired) electrons. The lowest BCUT2D eigenvalue weighted by molar-refractivity contribution is -0.162. The Morgan fingerprint density at radius 1 is 0.976 bits per heavy atom. The number of rotatable bonds is 17. The van der Waals surface area contributed by atoms with Gasteiger partial charge in [-0.2, -0.15) is 0 Å². The summed E-state index contributed by atoms with van der Waals surface area (Å²) in [6.07, 6.45) is 1.48. The van der Waals surface area contributed by atoms with Crippen molar-refractivity contribution in [1.29, 1.82) is 0 Å². The maximum absolute atomic E-state index is 13.7. The number of esters is 1. The van der Waals surface area contributed by atoms with E-state index in [1.54, 1.807) is 31.2 Å². The zero-order chi connectivity index (χ0) is 31.3. The molecule has 0 fully saturated rings. The summed E-state index contributed by atoms with van der Waals surface area (Å²) in [6, 6.07) is 5.45. The molecule has 1 heterocycles. The number of nitrogens with two attached hydrogens (primary N) is 1. The molecule has 230 valence electrons. The lowest BCUT2D eigenvalue weighted by Gasteiger charge is -2.31. The molecule has 13 nitrogen and oxygen atoms in total. The molecular formula is C27H36IN5O8S. The molecule has 42 heavy (non-hydrogen) atoms. The number of ether oxygens (including phenoxy) is 3. The fourth-order valence-corrected chi connectivity index (χ4v) is 5.02. The number of thiazole rings is 1. The molecule has 2 rings (SSSR count). The number of hydrogen-bond acceptors (Lipinski definition) is 11. The Morgan fingerprint density at radius 2 is 1.55 bits per heavy atom. The van der Waals surface area contributed by atoms with Gasteiger partial charge >= 0.3 is 5.97 Å². The number of hydrogen-bond donors (Lipinski definition) is 4. The summed E-state index contributed by atoms with van der Waals surface area (Å²) >= 11 is 3.09. The first-order chi connectivity index (χ1) is 20.0. The van der Waals surface area contributed by atoms with Gasteiger partial charge in [-0.25, -0.2) is 4.98 Å². The topological polar surface area (TPSA) is 188 Å². The summed E-state index contributed by atoms with van der Waals surface area (Å²) in [5, 5.41) is 8.53. The molecule has 0 saturated heterocycles. The quantitative estimate of drug-likeness (QED) is 0.101. The van der Waals surface area contributed by atoms with E-state index in [9.17, 15) is 24.0 Å². The van der Waals surface area contributed by atoms with Crippen molar-refractivity contribution in [2.75, 3.05) is 38.4 Å². The van der Waals surface area contributed by atoms with Crippen LogP contribution in [-0.2, 0) is 39.8 Å². The number of carbonyl (C=O) groups is 5. The average molecular weight is 718 g/mol. The van der Waals surface area contributed by atoms with Gasteiger partial charge in [-0.3, -0.25) is 24.0 Å². The van der Waals surface area contributed by atoms with Crippen LogP contribution < -0.4 is 21.7 Å². The Bertz CT molecular complexity index is 1230. The molecule has 0 saturated carbocycles. The molecule has 0 aliphatic carbocycles. The van der Waals surface area contributed by atoms with E-state index < -0.39 is 59.7 Å². The summed E-state index contributed by atoms with van der Waals surface area (Å²) in [7, 11) is 2.71. The summed E-state index contributed by atoms with van der Waals surface area (Å²) in [5.41, 5.74) is 4.56. The number of aromatic nitrogens is 1. The standard InChI is InChI=1S/C27H36IN5O8S/c1-16-30-12-21(42-16)26(38)33-20(14-40-4)25(37)32-19(13-39-3)24(36)31-18(10-17-8-6-5-7-9-17)23(35)27(2,15-28)41-22(34)11-29/h5-9,12,18-20H,10-11,13-15,29H2,1-4H3,(H,31,36)(H,32,37)(H,33,38)/t18?,19-,20-,27+/m0/s1. The van der Waals surface area contributed by atoms with Crippen LogP contribution in [0.1, 0.15) is 27.2 Å². The van der Waals surface area contributed by atoms with Crippen molar-refractivity contribution >= 4 is 63.4 Å². The molecule has 0 aliphatic rings.